The standard InChI is InChI=1S/C15H24BrN3O/c1-3-12-15(16)13(19(2)18-12)9-14(20)10-7-5-4-6-8-11(10)17/h10-11H,3-9,17H2,1-2H3. The van der Waals surface area contributed by atoms with Gasteiger partial charge in [0.2, 0.25) is 0 Å². The van der Waals surface area contributed by atoms with Crippen LogP contribution >= 0.6 is 15.9 Å². The van der Waals surface area contributed by atoms with Gasteiger partial charge in [-0.3, -0.25) is 9.48 Å². The predicted molar refractivity (Wildman–Crippen MR) is 83.5 cm³/mol. The third-order valence-corrected chi connectivity index (χ3v) is 5.24. The lowest BCUT2D eigenvalue weighted by Crippen LogP contribution is -2.35. The molecule has 0 amide bonds. The maximum Gasteiger partial charge on any atom is 0.143 e. The second-order valence-electron chi connectivity index (χ2n) is 5.74. The third kappa shape index (κ3) is 3.31. The molecule has 0 spiro atoms. The maximum absolute atomic E-state index is 12.6. The molecule has 0 radical (unpaired) electrons. The zero-order valence-corrected chi connectivity index (χ0v) is 13.9. The van der Waals surface area contributed by atoms with Gasteiger partial charge in [-0.2, -0.15) is 5.10 Å². The zero-order valence-electron chi connectivity index (χ0n) is 12.4. The van der Waals surface area contributed by atoms with Gasteiger partial charge in [0.25, 0.3) is 0 Å². The van der Waals surface area contributed by atoms with E-state index < -0.39 is 0 Å². The molecule has 2 rings (SSSR count). The van der Waals surface area contributed by atoms with E-state index in [0.717, 1.165) is 48.0 Å². The second kappa shape index (κ2) is 6.85. The lowest BCUT2D eigenvalue weighted by molar-refractivity contribution is -0.123. The molecule has 1 fully saturated rings. The Labute approximate surface area is 129 Å². The van der Waals surface area contributed by atoms with Crippen LogP contribution in [0.2, 0.25) is 0 Å². The average molecular weight is 342 g/mol. The molecule has 1 aliphatic carbocycles. The van der Waals surface area contributed by atoms with Crippen molar-refractivity contribution in [3.63, 3.8) is 0 Å². The molecule has 20 heavy (non-hydrogen) atoms. The molecule has 4 nitrogen and oxygen atoms in total. The molecule has 1 heterocycles. The van der Waals surface area contributed by atoms with Crippen LogP contribution in [-0.2, 0) is 24.7 Å². The monoisotopic (exact) mass is 341 g/mol. The summed E-state index contributed by atoms with van der Waals surface area (Å²) in [5.74, 6) is 0.287. The molecule has 0 saturated heterocycles. The summed E-state index contributed by atoms with van der Waals surface area (Å²) < 4.78 is 2.81. The van der Waals surface area contributed by atoms with Crippen LogP contribution in [0.25, 0.3) is 0 Å². The lowest BCUT2D eigenvalue weighted by atomic mass is 9.89. The Bertz CT molecular complexity index is 484. The minimum Gasteiger partial charge on any atom is -0.327 e. The second-order valence-corrected chi connectivity index (χ2v) is 6.53. The molecule has 0 bridgehead atoms. The summed E-state index contributed by atoms with van der Waals surface area (Å²) >= 11 is 3.58. The van der Waals surface area contributed by atoms with Gasteiger partial charge in [-0.05, 0) is 35.2 Å². The van der Waals surface area contributed by atoms with Gasteiger partial charge in [0.05, 0.1) is 15.9 Å². The van der Waals surface area contributed by atoms with E-state index in [2.05, 4.69) is 28.0 Å². The smallest absolute Gasteiger partial charge is 0.143 e. The Morgan fingerprint density at radius 3 is 2.75 bits per heavy atom. The lowest BCUT2D eigenvalue weighted by Gasteiger charge is -2.20. The van der Waals surface area contributed by atoms with E-state index in [1.54, 1.807) is 0 Å². The van der Waals surface area contributed by atoms with Crippen molar-refractivity contribution in [2.75, 3.05) is 0 Å². The molecule has 112 valence electrons. The Hall–Kier alpha value is -0.680. The number of halogens is 1. The number of rotatable bonds is 4. The number of nitrogens with two attached hydrogens (primary N) is 1. The molecule has 1 saturated carbocycles. The fourth-order valence-corrected chi connectivity index (χ4v) is 3.80. The Morgan fingerprint density at radius 1 is 1.40 bits per heavy atom. The highest BCUT2D eigenvalue weighted by molar-refractivity contribution is 9.10. The average Bonchev–Trinajstić information content (AvgIpc) is 2.59. The molecule has 0 aliphatic heterocycles. The molecule has 2 unspecified atom stereocenters. The highest BCUT2D eigenvalue weighted by Gasteiger charge is 2.28. The number of ketones is 1. The quantitative estimate of drug-likeness (QED) is 0.856. The van der Waals surface area contributed by atoms with Crippen molar-refractivity contribution in [2.45, 2.75) is 57.9 Å². The largest absolute Gasteiger partial charge is 0.327 e. The number of nitrogens with zero attached hydrogens (tertiary/aromatic N) is 2. The SMILES string of the molecule is CCc1nn(C)c(CC(=O)C2CCCCCC2N)c1Br. The summed E-state index contributed by atoms with van der Waals surface area (Å²) in [5.41, 5.74) is 8.18. The van der Waals surface area contributed by atoms with Gasteiger partial charge in [0.15, 0.2) is 0 Å². The third-order valence-electron chi connectivity index (χ3n) is 4.33. The van der Waals surface area contributed by atoms with Crippen LogP contribution < -0.4 is 5.73 Å². The van der Waals surface area contributed by atoms with Crippen LogP contribution in [0.3, 0.4) is 0 Å². The Balaban J connectivity index is 2.12. The molecule has 5 heteroatoms. The van der Waals surface area contributed by atoms with Crippen molar-refractivity contribution in [1.82, 2.24) is 9.78 Å². The highest BCUT2D eigenvalue weighted by atomic mass is 79.9. The van der Waals surface area contributed by atoms with E-state index in [0.29, 0.717) is 6.42 Å². The number of hydrogen-bond acceptors (Lipinski definition) is 3. The van der Waals surface area contributed by atoms with Crippen molar-refractivity contribution < 1.29 is 4.79 Å². The van der Waals surface area contributed by atoms with Crippen molar-refractivity contribution in [3.8, 4) is 0 Å². The first kappa shape index (κ1) is 15.7. The summed E-state index contributed by atoms with van der Waals surface area (Å²) in [6, 6.07) is 0.0302. The molecular formula is C15H24BrN3O. The number of carbonyl (C=O) groups excluding carboxylic acids is 1. The molecule has 2 N–H and O–H groups in total. The van der Waals surface area contributed by atoms with E-state index in [9.17, 15) is 4.79 Å². The zero-order chi connectivity index (χ0) is 14.7. The molecular weight excluding hydrogens is 318 g/mol. The topological polar surface area (TPSA) is 60.9 Å². The number of Topliss-reactive ketones (excluding diaryl/α,β-unsaturated/α-hetero) is 1. The van der Waals surface area contributed by atoms with Crippen LogP contribution in [0.1, 0.15) is 50.4 Å². The van der Waals surface area contributed by atoms with Gasteiger partial charge in [-0.1, -0.05) is 26.2 Å². The fourth-order valence-electron chi connectivity index (χ4n) is 3.04. The van der Waals surface area contributed by atoms with Gasteiger partial charge in [-0.25, -0.2) is 0 Å². The van der Waals surface area contributed by atoms with Crippen molar-refractivity contribution >= 4 is 21.7 Å². The number of carbonyl (C=O) groups is 1. The minimum absolute atomic E-state index is 0.0179. The van der Waals surface area contributed by atoms with Crippen molar-refractivity contribution in [1.29, 1.82) is 0 Å². The van der Waals surface area contributed by atoms with E-state index in [1.807, 2.05) is 11.7 Å². The first-order chi connectivity index (χ1) is 9.54. The normalized spacial score (nSPS) is 23.6. The van der Waals surface area contributed by atoms with E-state index in [1.165, 1.54) is 6.42 Å². The van der Waals surface area contributed by atoms with Gasteiger partial charge in [-0.15, -0.1) is 0 Å². The summed E-state index contributed by atoms with van der Waals surface area (Å²) in [6.07, 6.45) is 6.69. The minimum atomic E-state index is 0.0179. The molecule has 1 aliphatic rings. The highest BCUT2D eigenvalue weighted by Crippen LogP contribution is 2.27. The first-order valence-electron chi connectivity index (χ1n) is 7.53. The van der Waals surface area contributed by atoms with Crippen LogP contribution in [0.5, 0.6) is 0 Å². The summed E-state index contributed by atoms with van der Waals surface area (Å²) in [7, 11) is 1.90. The number of aryl methyl sites for hydroxylation is 2. The summed E-state index contributed by atoms with van der Waals surface area (Å²) in [4.78, 5) is 12.6. The fraction of sp³-hybridized carbons (Fsp3) is 0.733. The van der Waals surface area contributed by atoms with Crippen molar-refractivity contribution in [2.24, 2.45) is 18.7 Å². The number of hydrogen-bond donors (Lipinski definition) is 1. The van der Waals surface area contributed by atoms with Crippen LogP contribution in [0.4, 0.5) is 0 Å². The van der Waals surface area contributed by atoms with Crippen LogP contribution in [0.15, 0.2) is 4.47 Å². The van der Waals surface area contributed by atoms with E-state index >= 15 is 0 Å². The van der Waals surface area contributed by atoms with Crippen molar-refractivity contribution in [3.05, 3.63) is 15.9 Å². The Morgan fingerprint density at radius 2 is 2.10 bits per heavy atom. The van der Waals surface area contributed by atoms with Gasteiger partial charge in [0.1, 0.15) is 5.78 Å². The molecule has 1 aromatic rings. The van der Waals surface area contributed by atoms with E-state index in [4.69, 9.17) is 5.73 Å². The van der Waals surface area contributed by atoms with Gasteiger partial charge in [0, 0.05) is 25.4 Å². The first-order valence-corrected chi connectivity index (χ1v) is 8.32. The number of aromatic nitrogens is 2. The molecule has 2 atom stereocenters. The molecule has 0 aromatic carbocycles. The molecule has 1 aromatic heterocycles. The van der Waals surface area contributed by atoms with Gasteiger partial charge >= 0.3 is 0 Å². The maximum atomic E-state index is 12.6. The summed E-state index contributed by atoms with van der Waals surface area (Å²) in [6.45, 7) is 2.07. The van der Waals surface area contributed by atoms with Crippen LogP contribution in [0, 0.1) is 5.92 Å². The Kier molecular flexibility index (Phi) is 5.38. The van der Waals surface area contributed by atoms with Crippen LogP contribution in [-0.4, -0.2) is 21.6 Å². The summed E-state index contributed by atoms with van der Waals surface area (Å²) in [5, 5.41) is 4.45. The van der Waals surface area contributed by atoms with Gasteiger partial charge < -0.3 is 5.73 Å². The van der Waals surface area contributed by atoms with E-state index in [-0.39, 0.29) is 17.7 Å². The predicted octanol–water partition coefficient (Wildman–Crippen LogP) is 2.76.